The first-order valence-electron chi connectivity index (χ1n) is 6.70. The maximum Gasteiger partial charge on any atom is 0.256 e. The predicted molar refractivity (Wildman–Crippen MR) is 88.7 cm³/mol. The van der Waals surface area contributed by atoms with E-state index in [-0.39, 0.29) is 11.8 Å². The van der Waals surface area contributed by atoms with Gasteiger partial charge in [-0.1, -0.05) is 15.9 Å². The zero-order valence-corrected chi connectivity index (χ0v) is 13.5. The number of amides is 2. The van der Waals surface area contributed by atoms with Crippen molar-refractivity contribution in [1.82, 2.24) is 4.90 Å². The van der Waals surface area contributed by atoms with Gasteiger partial charge in [-0.05, 0) is 42.0 Å². The number of benzene rings is 2. The molecule has 0 unspecified atom stereocenters. The monoisotopic (exact) mass is 359 g/mol. The molecule has 3 rings (SSSR count). The Morgan fingerprint density at radius 1 is 1.27 bits per heavy atom. The Balaban J connectivity index is 1.87. The number of rotatable bonds is 2. The van der Waals surface area contributed by atoms with Gasteiger partial charge in [0.05, 0.1) is 5.56 Å². The highest BCUT2D eigenvalue weighted by atomic mass is 79.9. The van der Waals surface area contributed by atoms with Crippen molar-refractivity contribution in [2.24, 2.45) is 0 Å². The van der Waals surface area contributed by atoms with Crippen LogP contribution < -0.4 is 11.1 Å². The first kappa shape index (κ1) is 14.6. The molecule has 0 aromatic heterocycles. The Kier molecular flexibility index (Phi) is 3.62. The van der Waals surface area contributed by atoms with Gasteiger partial charge in [0.15, 0.2) is 0 Å². The summed E-state index contributed by atoms with van der Waals surface area (Å²) in [6, 6.07) is 10.5. The number of hydrogen-bond acceptors (Lipinski definition) is 3. The van der Waals surface area contributed by atoms with E-state index in [1.165, 1.54) is 0 Å². The lowest BCUT2D eigenvalue weighted by Gasteiger charge is -2.09. The van der Waals surface area contributed by atoms with Crippen LogP contribution in [0.4, 0.5) is 11.4 Å². The molecule has 1 heterocycles. The summed E-state index contributed by atoms with van der Waals surface area (Å²) in [5, 5.41) is 2.81. The molecule has 0 saturated heterocycles. The van der Waals surface area contributed by atoms with Crippen molar-refractivity contribution in [3.63, 3.8) is 0 Å². The molecule has 22 heavy (non-hydrogen) atoms. The Labute approximate surface area is 136 Å². The number of hydrogen-bond donors (Lipinski definition) is 2. The molecule has 1 aliphatic rings. The number of anilines is 2. The molecule has 0 spiro atoms. The average molecular weight is 360 g/mol. The summed E-state index contributed by atoms with van der Waals surface area (Å²) in [4.78, 5) is 25.8. The summed E-state index contributed by atoms with van der Waals surface area (Å²) in [5.74, 6) is -0.303. The molecular formula is C16H14BrN3O2. The number of halogens is 1. The topological polar surface area (TPSA) is 75.4 Å². The lowest BCUT2D eigenvalue weighted by atomic mass is 10.1. The number of nitrogens with one attached hydrogen (secondary N) is 1. The van der Waals surface area contributed by atoms with Crippen molar-refractivity contribution in [3.05, 3.63) is 57.6 Å². The molecule has 2 amide bonds. The lowest BCUT2D eigenvalue weighted by Crippen LogP contribution is -2.18. The molecule has 0 fully saturated rings. The maximum absolute atomic E-state index is 12.2. The molecule has 2 aromatic rings. The Morgan fingerprint density at radius 3 is 2.64 bits per heavy atom. The fourth-order valence-corrected chi connectivity index (χ4v) is 2.77. The van der Waals surface area contributed by atoms with Gasteiger partial charge in [-0.3, -0.25) is 9.59 Å². The lowest BCUT2D eigenvalue weighted by molar-refractivity contribution is 0.0817. The third-order valence-corrected chi connectivity index (χ3v) is 4.11. The van der Waals surface area contributed by atoms with Crippen LogP contribution in [0, 0.1) is 0 Å². The van der Waals surface area contributed by atoms with Gasteiger partial charge in [-0.2, -0.15) is 0 Å². The van der Waals surface area contributed by atoms with Gasteiger partial charge in [0.1, 0.15) is 0 Å². The van der Waals surface area contributed by atoms with Gasteiger partial charge < -0.3 is 16.0 Å². The van der Waals surface area contributed by atoms with Gasteiger partial charge in [0.25, 0.3) is 11.8 Å². The van der Waals surface area contributed by atoms with Crippen molar-refractivity contribution >= 4 is 39.1 Å². The van der Waals surface area contributed by atoms with Gasteiger partial charge >= 0.3 is 0 Å². The van der Waals surface area contributed by atoms with Crippen LogP contribution in [0.25, 0.3) is 0 Å². The number of nitrogen functional groups attached to an aromatic ring is 1. The van der Waals surface area contributed by atoms with E-state index < -0.39 is 0 Å². The summed E-state index contributed by atoms with van der Waals surface area (Å²) in [6.45, 7) is 0.500. The highest BCUT2D eigenvalue weighted by Crippen LogP contribution is 2.30. The molecular weight excluding hydrogens is 346 g/mol. The zero-order chi connectivity index (χ0) is 15.9. The third-order valence-electron chi connectivity index (χ3n) is 3.58. The van der Waals surface area contributed by atoms with E-state index in [1.807, 2.05) is 0 Å². The fraction of sp³-hybridized carbons (Fsp3) is 0.125. The van der Waals surface area contributed by atoms with Gasteiger partial charge in [-0.15, -0.1) is 0 Å². The van der Waals surface area contributed by atoms with Crippen LogP contribution in [0.3, 0.4) is 0 Å². The van der Waals surface area contributed by atoms with Crippen LogP contribution in [0.2, 0.25) is 0 Å². The second-order valence-corrected chi connectivity index (χ2v) is 6.14. The summed E-state index contributed by atoms with van der Waals surface area (Å²) in [6.07, 6.45) is 0. The smallest absolute Gasteiger partial charge is 0.256 e. The second-order valence-electron chi connectivity index (χ2n) is 5.22. The molecule has 3 N–H and O–H groups in total. The molecule has 0 bridgehead atoms. The minimum atomic E-state index is -0.218. The molecule has 0 aliphatic carbocycles. The number of nitrogens with zero attached hydrogens (tertiary/aromatic N) is 1. The highest BCUT2D eigenvalue weighted by molar-refractivity contribution is 9.10. The van der Waals surface area contributed by atoms with E-state index in [2.05, 4.69) is 21.2 Å². The molecule has 0 atom stereocenters. The third kappa shape index (κ3) is 2.57. The minimum Gasteiger partial charge on any atom is -0.398 e. The molecule has 2 aromatic carbocycles. The molecule has 0 saturated carbocycles. The standard InChI is InChI=1S/C16H14BrN3O2/c1-20-8-10-6-12(7-13(18)14(10)16(20)22)19-15(21)9-2-4-11(17)5-3-9/h2-7H,8,18H2,1H3,(H,19,21). The van der Waals surface area contributed by atoms with Crippen LogP contribution in [0.15, 0.2) is 40.9 Å². The Bertz CT molecular complexity index is 772. The molecule has 5 nitrogen and oxygen atoms in total. The van der Waals surface area contributed by atoms with Crippen LogP contribution in [0.5, 0.6) is 0 Å². The maximum atomic E-state index is 12.2. The molecule has 0 radical (unpaired) electrons. The van der Waals surface area contributed by atoms with Crippen LogP contribution in [0.1, 0.15) is 26.3 Å². The van der Waals surface area contributed by atoms with Crippen molar-refractivity contribution in [3.8, 4) is 0 Å². The summed E-state index contributed by atoms with van der Waals surface area (Å²) in [5.41, 5.74) is 8.85. The van der Waals surface area contributed by atoms with E-state index in [4.69, 9.17) is 5.73 Å². The normalized spacial score (nSPS) is 13.2. The van der Waals surface area contributed by atoms with Crippen LogP contribution >= 0.6 is 15.9 Å². The predicted octanol–water partition coefficient (Wildman–Crippen LogP) is 2.87. The Morgan fingerprint density at radius 2 is 1.95 bits per heavy atom. The molecule has 1 aliphatic heterocycles. The van der Waals surface area contributed by atoms with E-state index in [9.17, 15) is 9.59 Å². The van der Waals surface area contributed by atoms with E-state index in [0.29, 0.717) is 29.0 Å². The first-order valence-corrected chi connectivity index (χ1v) is 7.50. The largest absolute Gasteiger partial charge is 0.398 e. The van der Waals surface area contributed by atoms with Crippen molar-refractivity contribution in [2.45, 2.75) is 6.54 Å². The van der Waals surface area contributed by atoms with Gasteiger partial charge in [0, 0.05) is 35.0 Å². The SMILES string of the molecule is CN1Cc2cc(NC(=O)c3ccc(Br)cc3)cc(N)c2C1=O. The quantitative estimate of drug-likeness (QED) is 0.809. The van der Waals surface area contributed by atoms with Crippen LogP contribution in [-0.4, -0.2) is 23.8 Å². The van der Waals surface area contributed by atoms with Crippen molar-refractivity contribution in [2.75, 3.05) is 18.1 Å². The fourth-order valence-electron chi connectivity index (χ4n) is 2.51. The zero-order valence-electron chi connectivity index (χ0n) is 11.9. The van der Waals surface area contributed by atoms with E-state index in [0.717, 1.165) is 10.0 Å². The van der Waals surface area contributed by atoms with Crippen molar-refractivity contribution in [1.29, 1.82) is 0 Å². The number of nitrogens with two attached hydrogens (primary N) is 1. The number of fused-ring (bicyclic) bond motifs is 1. The molecule has 112 valence electrons. The highest BCUT2D eigenvalue weighted by Gasteiger charge is 2.27. The van der Waals surface area contributed by atoms with E-state index in [1.54, 1.807) is 48.3 Å². The summed E-state index contributed by atoms with van der Waals surface area (Å²) < 4.78 is 0.910. The van der Waals surface area contributed by atoms with Crippen molar-refractivity contribution < 1.29 is 9.59 Å². The average Bonchev–Trinajstić information content (AvgIpc) is 2.75. The van der Waals surface area contributed by atoms with Gasteiger partial charge in [-0.25, -0.2) is 0 Å². The second kappa shape index (κ2) is 5.46. The van der Waals surface area contributed by atoms with E-state index >= 15 is 0 Å². The number of carbonyl (C=O) groups excluding carboxylic acids is 2. The number of carbonyl (C=O) groups is 2. The van der Waals surface area contributed by atoms with Crippen LogP contribution in [-0.2, 0) is 6.54 Å². The van der Waals surface area contributed by atoms with Gasteiger partial charge in [0.2, 0.25) is 0 Å². The summed E-state index contributed by atoms with van der Waals surface area (Å²) >= 11 is 3.33. The summed E-state index contributed by atoms with van der Waals surface area (Å²) in [7, 11) is 1.72. The molecule has 6 heteroatoms. The Hall–Kier alpha value is -2.34. The minimum absolute atomic E-state index is 0.0849. The first-order chi connectivity index (χ1) is 10.5.